The Labute approximate surface area is 56.2 Å². The van der Waals surface area contributed by atoms with Crippen molar-refractivity contribution in [1.29, 1.82) is 0 Å². The van der Waals surface area contributed by atoms with Crippen LogP contribution in [0.15, 0.2) is 0 Å². The van der Waals surface area contributed by atoms with Gasteiger partial charge in [0.15, 0.2) is 0 Å². The predicted molar refractivity (Wildman–Crippen MR) is 34.6 cm³/mol. The average molecular weight is 129 g/mol. The van der Waals surface area contributed by atoms with Crippen molar-refractivity contribution in [3.8, 4) is 0 Å². The molecule has 53 valence electrons. The molecule has 0 aromatic rings. The van der Waals surface area contributed by atoms with Gasteiger partial charge in [0.2, 0.25) is 6.79 Å². The maximum atomic E-state index is 5.19. The normalized spacial score (nSPS) is 34.3. The molecular formula is C7H13O2. The molecule has 0 bridgehead atoms. The second-order valence-electron chi connectivity index (χ2n) is 3.12. The Hall–Kier alpha value is -0.0800. The maximum Gasteiger partial charge on any atom is 0.210 e. The number of ether oxygens (including phenoxy) is 2. The van der Waals surface area contributed by atoms with Crippen molar-refractivity contribution in [3.05, 3.63) is 6.79 Å². The fraction of sp³-hybridized carbons (Fsp3) is 0.857. The molecule has 0 spiro atoms. The highest BCUT2D eigenvalue weighted by Crippen LogP contribution is 2.24. The molecule has 1 saturated heterocycles. The Kier molecular flexibility index (Phi) is 1.78. The van der Waals surface area contributed by atoms with Crippen molar-refractivity contribution >= 4 is 0 Å². The fourth-order valence-corrected chi connectivity index (χ4v) is 1.04. The first-order valence-electron chi connectivity index (χ1n) is 3.25. The van der Waals surface area contributed by atoms with Gasteiger partial charge in [0.1, 0.15) is 0 Å². The lowest BCUT2D eigenvalue weighted by Gasteiger charge is -2.32. The monoisotopic (exact) mass is 129 g/mol. The molecule has 0 amide bonds. The highest BCUT2D eigenvalue weighted by atomic mass is 16.7. The first-order valence-corrected chi connectivity index (χ1v) is 3.25. The van der Waals surface area contributed by atoms with Gasteiger partial charge >= 0.3 is 0 Å². The molecule has 0 aliphatic carbocycles. The van der Waals surface area contributed by atoms with Crippen LogP contribution in [-0.2, 0) is 9.47 Å². The van der Waals surface area contributed by atoms with E-state index < -0.39 is 0 Å². The average Bonchev–Trinajstić information content (AvgIpc) is 1.60. The first-order chi connectivity index (χ1) is 4.10. The zero-order valence-corrected chi connectivity index (χ0v) is 6.18. The Bertz CT molecular complexity index is 99.1. The molecule has 0 saturated carbocycles. The molecule has 2 nitrogen and oxygen atoms in total. The van der Waals surface area contributed by atoms with Gasteiger partial charge in [0.25, 0.3) is 0 Å². The van der Waals surface area contributed by atoms with Gasteiger partial charge in [-0.15, -0.1) is 0 Å². The number of hydrogen-bond acceptors (Lipinski definition) is 2. The summed E-state index contributed by atoms with van der Waals surface area (Å²) in [6, 6.07) is 0. The quantitative estimate of drug-likeness (QED) is 0.495. The van der Waals surface area contributed by atoms with E-state index in [1.807, 2.05) is 6.92 Å². The fourth-order valence-electron chi connectivity index (χ4n) is 1.04. The van der Waals surface area contributed by atoms with E-state index in [1.165, 1.54) is 6.79 Å². The molecule has 2 heteroatoms. The van der Waals surface area contributed by atoms with Crippen LogP contribution in [0.25, 0.3) is 0 Å². The van der Waals surface area contributed by atoms with Crippen molar-refractivity contribution < 1.29 is 9.47 Å². The summed E-state index contributed by atoms with van der Waals surface area (Å²) in [6.07, 6.45) is 1.26. The Morgan fingerprint density at radius 3 is 2.56 bits per heavy atom. The summed E-state index contributed by atoms with van der Waals surface area (Å²) in [6.45, 7) is 7.60. The van der Waals surface area contributed by atoms with Crippen LogP contribution in [-0.4, -0.2) is 11.7 Å². The Morgan fingerprint density at radius 2 is 2.22 bits per heavy atom. The zero-order valence-electron chi connectivity index (χ0n) is 6.18. The SMILES string of the molecule is CC1CC(C)(C)O[CH]O1. The summed E-state index contributed by atoms with van der Waals surface area (Å²) in [5, 5.41) is 0. The van der Waals surface area contributed by atoms with E-state index in [2.05, 4.69) is 13.8 Å². The van der Waals surface area contributed by atoms with Crippen molar-refractivity contribution in [2.75, 3.05) is 0 Å². The van der Waals surface area contributed by atoms with Crippen LogP contribution in [0.2, 0.25) is 0 Å². The van der Waals surface area contributed by atoms with Crippen LogP contribution in [0.1, 0.15) is 27.2 Å². The summed E-state index contributed by atoms with van der Waals surface area (Å²) in [5.41, 5.74) is -0.0301. The van der Waals surface area contributed by atoms with Crippen molar-refractivity contribution in [1.82, 2.24) is 0 Å². The first kappa shape index (κ1) is 7.03. The highest BCUT2D eigenvalue weighted by Gasteiger charge is 2.26. The van der Waals surface area contributed by atoms with Crippen molar-refractivity contribution in [2.24, 2.45) is 0 Å². The minimum atomic E-state index is -0.0301. The number of hydrogen-bond donors (Lipinski definition) is 0. The molecule has 1 rings (SSSR count). The van der Waals surface area contributed by atoms with E-state index >= 15 is 0 Å². The molecule has 0 N–H and O–H groups in total. The molecule has 1 aliphatic heterocycles. The standard InChI is InChI=1S/C7H13O2/c1-6-4-7(2,3)9-5-8-6/h5-6H,4H2,1-3H3. The second-order valence-corrected chi connectivity index (χ2v) is 3.12. The van der Waals surface area contributed by atoms with Crippen molar-refractivity contribution in [3.63, 3.8) is 0 Å². The summed E-state index contributed by atoms with van der Waals surface area (Å²) in [7, 11) is 0. The molecule has 1 unspecified atom stereocenters. The van der Waals surface area contributed by atoms with E-state index in [0.717, 1.165) is 6.42 Å². The predicted octanol–water partition coefficient (Wildman–Crippen LogP) is 1.71. The lowest BCUT2D eigenvalue weighted by Crippen LogP contribution is -2.34. The summed E-state index contributed by atoms with van der Waals surface area (Å²) >= 11 is 0. The molecule has 1 fully saturated rings. The number of rotatable bonds is 0. The molecular weight excluding hydrogens is 116 g/mol. The minimum Gasteiger partial charge on any atom is -0.345 e. The lowest BCUT2D eigenvalue weighted by molar-refractivity contribution is -0.151. The Balaban J connectivity index is 2.41. The van der Waals surface area contributed by atoms with Crippen LogP contribution in [0, 0.1) is 6.79 Å². The third kappa shape index (κ3) is 1.95. The largest absolute Gasteiger partial charge is 0.345 e. The van der Waals surface area contributed by atoms with Gasteiger partial charge < -0.3 is 9.47 Å². The van der Waals surface area contributed by atoms with E-state index in [0.29, 0.717) is 6.10 Å². The maximum absolute atomic E-state index is 5.19. The molecule has 1 atom stereocenters. The van der Waals surface area contributed by atoms with Gasteiger partial charge in [-0.05, 0) is 20.8 Å². The zero-order chi connectivity index (χ0) is 6.91. The minimum absolute atomic E-state index is 0.0301. The Morgan fingerprint density at radius 1 is 1.56 bits per heavy atom. The molecule has 1 aliphatic rings. The van der Waals surface area contributed by atoms with Crippen LogP contribution < -0.4 is 0 Å². The van der Waals surface area contributed by atoms with Crippen LogP contribution in [0.3, 0.4) is 0 Å². The van der Waals surface area contributed by atoms with Gasteiger partial charge in [-0.2, -0.15) is 0 Å². The molecule has 9 heavy (non-hydrogen) atoms. The molecule has 0 aromatic heterocycles. The summed E-state index contributed by atoms with van der Waals surface area (Å²) < 4.78 is 10.3. The smallest absolute Gasteiger partial charge is 0.210 e. The highest BCUT2D eigenvalue weighted by molar-refractivity contribution is 4.76. The van der Waals surface area contributed by atoms with Gasteiger partial charge in [0.05, 0.1) is 11.7 Å². The second kappa shape index (κ2) is 2.27. The van der Waals surface area contributed by atoms with Gasteiger partial charge in [-0.1, -0.05) is 0 Å². The van der Waals surface area contributed by atoms with Crippen LogP contribution in [0.5, 0.6) is 0 Å². The van der Waals surface area contributed by atoms with E-state index in [4.69, 9.17) is 9.47 Å². The van der Waals surface area contributed by atoms with E-state index in [1.54, 1.807) is 0 Å². The van der Waals surface area contributed by atoms with Crippen LogP contribution >= 0.6 is 0 Å². The summed E-state index contributed by atoms with van der Waals surface area (Å²) in [5.74, 6) is 0. The van der Waals surface area contributed by atoms with E-state index in [-0.39, 0.29) is 5.60 Å². The lowest BCUT2D eigenvalue weighted by atomic mass is 10.0. The van der Waals surface area contributed by atoms with Gasteiger partial charge in [-0.3, -0.25) is 0 Å². The van der Waals surface area contributed by atoms with Gasteiger partial charge in [-0.25, -0.2) is 0 Å². The van der Waals surface area contributed by atoms with Crippen molar-refractivity contribution in [2.45, 2.75) is 38.9 Å². The molecule has 1 radical (unpaired) electrons. The van der Waals surface area contributed by atoms with E-state index in [9.17, 15) is 0 Å². The molecule has 0 aromatic carbocycles. The van der Waals surface area contributed by atoms with Crippen LogP contribution in [0.4, 0.5) is 0 Å². The third-order valence-corrected chi connectivity index (χ3v) is 1.43. The third-order valence-electron chi connectivity index (χ3n) is 1.43. The molecule has 1 heterocycles. The topological polar surface area (TPSA) is 18.5 Å². The summed E-state index contributed by atoms with van der Waals surface area (Å²) in [4.78, 5) is 0. The van der Waals surface area contributed by atoms with Gasteiger partial charge in [0, 0.05) is 6.42 Å².